The van der Waals surface area contributed by atoms with Gasteiger partial charge in [-0.3, -0.25) is 4.79 Å². The average Bonchev–Trinajstić information content (AvgIpc) is 1.99. The first kappa shape index (κ1) is 12.2. The van der Waals surface area contributed by atoms with Crippen molar-refractivity contribution in [2.75, 3.05) is 5.75 Å². The number of hydrogen-bond donors (Lipinski definition) is 1. The molecule has 0 atom stereocenters. The first-order valence-electron chi connectivity index (χ1n) is 4.13. The van der Waals surface area contributed by atoms with Crippen molar-refractivity contribution in [3.05, 3.63) is 34.9 Å². The number of carbonyl (C=O) groups is 1. The molecule has 0 bridgehead atoms. The fourth-order valence-electron chi connectivity index (χ4n) is 1.15. The van der Waals surface area contributed by atoms with Crippen molar-refractivity contribution in [2.24, 2.45) is 5.14 Å². The molecule has 0 aliphatic carbocycles. The lowest BCUT2D eigenvalue weighted by molar-refractivity contribution is -0.116. The molecular formula is C9H10ClNO3S. The van der Waals surface area contributed by atoms with E-state index in [1.807, 2.05) is 0 Å². The molecule has 2 N–H and O–H groups in total. The normalized spacial score (nSPS) is 11.3. The first-order valence-corrected chi connectivity index (χ1v) is 6.23. The molecule has 15 heavy (non-hydrogen) atoms. The molecule has 1 aromatic rings. The maximum Gasteiger partial charge on any atom is 0.216 e. The largest absolute Gasteiger partial charge is 0.298 e. The van der Waals surface area contributed by atoms with E-state index in [0.29, 0.717) is 10.6 Å². The Labute approximate surface area is 93.1 Å². The Balaban J connectivity index is 2.67. The fraction of sp³-hybridized carbons (Fsp3) is 0.222. The lowest BCUT2D eigenvalue weighted by Crippen LogP contribution is -2.24. The summed E-state index contributed by atoms with van der Waals surface area (Å²) in [7, 11) is -3.74. The van der Waals surface area contributed by atoms with E-state index in [2.05, 4.69) is 0 Å². The number of sulfonamides is 1. The Morgan fingerprint density at radius 2 is 2.07 bits per heavy atom. The molecular weight excluding hydrogens is 238 g/mol. The Morgan fingerprint density at radius 3 is 2.60 bits per heavy atom. The van der Waals surface area contributed by atoms with E-state index in [4.69, 9.17) is 16.7 Å². The molecule has 0 amide bonds. The van der Waals surface area contributed by atoms with Gasteiger partial charge in [0.1, 0.15) is 5.75 Å². The highest BCUT2D eigenvalue weighted by Gasteiger charge is 2.11. The maximum absolute atomic E-state index is 11.2. The zero-order valence-corrected chi connectivity index (χ0v) is 9.38. The molecule has 0 radical (unpaired) electrons. The van der Waals surface area contributed by atoms with Crippen molar-refractivity contribution in [3.63, 3.8) is 0 Å². The lowest BCUT2D eigenvalue weighted by Gasteiger charge is -2.00. The minimum atomic E-state index is -3.74. The summed E-state index contributed by atoms with van der Waals surface area (Å²) in [4.78, 5) is 11.2. The zero-order valence-electron chi connectivity index (χ0n) is 7.81. The molecule has 82 valence electrons. The molecule has 0 aliphatic heterocycles. The highest BCUT2D eigenvalue weighted by atomic mass is 35.5. The van der Waals surface area contributed by atoms with Gasteiger partial charge in [-0.05, 0) is 17.7 Å². The van der Waals surface area contributed by atoms with Gasteiger partial charge < -0.3 is 0 Å². The van der Waals surface area contributed by atoms with Gasteiger partial charge in [-0.15, -0.1) is 0 Å². The lowest BCUT2D eigenvalue weighted by atomic mass is 10.1. The number of Topliss-reactive ketones (excluding diaryl/α,β-unsaturated/α-hetero) is 1. The summed E-state index contributed by atoms with van der Waals surface area (Å²) in [5.74, 6) is -1.08. The number of hydrogen-bond acceptors (Lipinski definition) is 3. The first-order chi connectivity index (χ1) is 6.87. The van der Waals surface area contributed by atoms with Crippen molar-refractivity contribution in [1.29, 1.82) is 0 Å². The monoisotopic (exact) mass is 247 g/mol. The molecule has 0 spiro atoms. The van der Waals surface area contributed by atoms with Crippen LogP contribution in [0.15, 0.2) is 24.3 Å². The maximum atomic E-state index is 11.2. The van der Waals surface area contributed by atoms with Crippen LogP contribution in [0.1, 0.15) is 5.56 Å². The van der Waals surface area contributed by atoms with Crippen LogP contribution in [0.25, 0.3) is 0 Å². The van der Waals surface area contributed by atoms with Gasteiger partial charge in [0.15, 0.2) is 5.78 Å². The number of nitrogens with two attached hydrogens (primary N) is 1. The Bertz CT molecular complexity index is 470. The third-order valence-corrected chi connectivity index (χ3v) is 2.61. The van der Waals surface area contributed by atoms with E-state index in [-0.39, 0.29) is 6.42 Å². The van der Waals surface area contributed by atoms with Crippen LogP contribution >= 0.6 is 11.6 Å². The molecule has 0 saturated carbocycles. The number of rotatable bonds is 4. The highest BCUT2D eigenvalue weighted by molar-refractivity contribution is 7.89. The van der Waals surface area contributed by atoms with Crippen molar-refractivity contribution < 1.29 is 13.2 Å². The van der Waals surface area contributed by atoms with Gasteiger partial charge in [0.2, 0.25) is 10.0 Å². The Kier molecular flexibility index (Phi) is 3.84. The number of carbonyl (C=O) groups excluding carboxylic acids is 1. The van der Waals surface area contributed by atoms with Gasteiger partial charge in [0.05, 0.1) is 0 Å². The van der Waals surface area contributed by atoms with Crippen LogP contribution in [-0.4, -0.2) is 20.0 Å². The summed E-state index contributed by atoms with van der Waals surface area (Å²) >= 11 is 5.71. The molecule has 0 aliphatic rings. The van der Waals surface area contributed by atoms with Crippen molar-refractivity contribution in [2.45, 2.75) is 6.42 Å². The predicted molar refractivity (Wildman–Crippen MR) is 58.1 cm³/mol. The van der Waals surface area contributed by atoms with Crippen molar-refractivity contribution in [3.8, 4) is 0 Å². The summed E-state index contributed by atoms with van der Waals surface area (Å²) in [6.45, 7) is 0. The number of primary sulfonamides is 1. The van der Waals surface area contributed by atoms with Crippen LogP contribution in [0.4, 0.5) is 0 Å². The summed E-state index contributed by atoms with van der Waals surface area (Å²) in [5, 5.41) is 5.26. The van der Waals surface area contributed by atoms with E-state index >= 15 is 0 Å². The molecule has 0 unspecified atom stereocenters. The van der Waals surface area contributed by atoms with Crippen LogP contribution in [0.2, 0.25) is 5.02 Å². The molecule has 0 heterocycles. The molecule has 1 rings (SSSR count). The third-order valence-electron chi connectivity index (χ3n) is 1.65. The van der Waals surface area contributed by atoms with Crippen LogP contribution in [0.5, 0.6) is 0 Å². The molecule has 1 aromatic carbocycles. The Morgan fingerprint density at radius 1 is 1.40 bits per heavy atom. The highest BCUT2D eigenvalue weighted by Crippen LogP contribution is 2.11. The second-order valence-corrected chi connectivity index (χ2v) is 5.20. The van der Waals surface area contributed by atoms with Gasteiger partial charge in [0.25, 0.3) is 0 Å². The minimum absolute atomic E-state index is 0.0248. The predicted octanol–water partition coefficient (Wildman–Crippen LogP) is 0.740. The van der Waals surface area contributed by atoms with Crippen molar-refractivity contribution in [1.82, 2.24) is 0 Å². The summed E-state index contributed by atoms with van der Waals surface area (Å²) in [5.41, 5.74) is 0.677. The minimum Gasteiger partial charge on any atom is -0.298 e. The summed E-state index contributed by atoms with van der Waals surface area (Å²) in [6.07, 6.45) is 0.0248. The van der Waals surface area contributed by atoms with E-state index in [1.54, 1.807) is 24.3 Å². The van der Waals surface area contributed by atoms with Crippen LogP contribution in [0.3, 0.4) is 0 Å². The summed E-state index contributed by atoms with van der Waals surface area (Å²) in [6, 6.07) is 6.69. The van der Waals surface area contributed by atoms with Gasteiger partial charge in [-0.2, -0.15) is 0 Å². The van der Waals surface area contributed by atoms with Gasteiger partial charge in [0, 0.05) is 11.4 Å². The smallest absolute Gasteiger partial charge is 0.216 e. The molecule has 4 nitrogen and oxygen atoms in total. The molecule has 0 fully saturated rings. The number of halogens is 1. The molecule has 0 aromatic heterocycles. The zero-order chi connectivity index (χ0) is 11.5. The van der Waals surface area contributed by atoms with Crippen LogP contribution in [0, 0.1) is 0 Å². The quantitative estimate of drug-likeness (QED) is 0.853. The van der Waals surface area contributed by atoms with E-state index in [0.717, 1.165) is 0 Å². The number of ketones is 1. The van der Waals surface area contributed by atoms with E-state index in [1.165, 1.54) is 0 Å². The van der Waals surface area contributed by atoms with Crippen molar-refractivity contribution >= 4 is 27.4 Å². The SMILES string of the molecule is NS(=O)(=O)CC(=O)Cc1cccc(Cl)c1. The molecule has 0 saturated heterocycles. The third kappa shape index (κ3) is 4.92. The van der Waals surface area contributed by atoms with Gasteiger partial charge >= 0.3 is 0 Å². The van der Waals surface area contributed by atoms with E-state index in [9.17, 15) is 13.2 Å². The summed E-state index contributed by atoms with van der Waals surface area (Å²) < 4.78 is 21.3. The second-order valence-electron chi connectivity index (χ2n) is 3.15. The van der Waals surface area contributed by atoms with E-state index < -0.39 is 21.6 Å². The topological polar surface area (TPSA) is 77.2 Å². The Hall–Kier alpha value is -0.910. The second kappa shape index (κ2) is 4.74. The van der Waals surface area contributed by atoms with Crippen LogP contribution < -0.4 is 5.14 Å². The average molecular weight is 248 g/mol. The van der Waals surface area contributed by atoms with Gasteiger partial charge in [-0.25, -0.2) is 13.6 Å². The number of benzene rings is 1. The van der Waals surface area contributed by atoms with Crippen LogP contribution in [-0.2, 0) is 21.2 Å². The molecule has 6 heteroatoms. The van der Waals surface area contributed by atoms with Gasteiger partial charge in [-0.1, -0.05) is 23.7 Å². The fourth-order valence-corrected chi connectivity index (χ4v) is 1.91. The standard InChI is InChI=1S/C9H10ClNO3S/c10-8-3-1-2-7(4-8)5-9(12)6-15(11,13)14/h1-4H,5-6H2,(H2,11,13,14).